The van der Waals surface area contributed by atoms with Gasteiger partial charge in [0.05, 0.1) is 65.6 Å². The second kappa shape index (κ2) is 32.8. The van der Waals surface area contributed by atoms with Crippen LogP contribution in [-0.4, -0.2) is 110 Å². The lowest BCUT2D eigenvalue weighted by atomic mass is 10.2. The molecule has 11 aromatic rings. The lowest BCUT2D eigenvalue weighted by molar-refractivity contribution is 0.630. The molecule has 0 aliphatic carbocycles. The number of H-pyrrole nitrogens is 1. The lowest BCUT2D eigenvalue weighted by Crippen LogP contribution is -2.36. The van der Waals surface area contributed by atoms with Crippen LogP contribution in [0, 0.1) is 0 Å². The van der Waals surface area contributed by atoms with E-state index in [4.69, 9.17) is 40.1 Å². The van der Waals surface area contributed by atoms with Gasteiger partial charge in [0.15, 0.2) is 11.1 Å². The van der Waals surface area contributed by atoms with Crippen molar-refractivity contribution in [1.29, 1.82) is 0 Å². The molecule has 439 valence electrons. The van der Waals surface area contributed by atoms with Gasteiger partial charge < -0.3 is 71.0 Å². The van der Waals surface area contributed by atoms with Crippen LogP contribution in [0.1, 0.15) is 20.8 Å². The van der Waals surface area contributed by atoms with Gasteiger partial charge in [-0.05, 0) is 98.9 Å². The van der Waals surface area contributed by atoms with Crippen molar-refractivity contribution >= 4 is 98.3 Å². The number of anilines is 10. The first-order valence-corrected chi connectivity index (χ1v) is 25.3. The van der Waals surface area contributed by atoms with Crippen LogP contribution in [-0.2, 0) is 13.6 Å². The fourth-order valence-electron chi connectivity index (χ4n) is 6.22. The molecule has 0 saturated heterocycles. The van der Waals surface area contributed by atoms with Gasteiger partial charge in [-0.3, -0.25) is 43.7 Å². The highest BCUT2D eigenvalue weighted by Crippen LogP contribution is 2.17. The van der Waals surface area contributed by atoms with E-state index in [1.165, 1.54) is 17.3 Å². The Morgan fingerprint density at radius 2 is 1.31 bits per heavy atom. The molecule has 1 aliphatic heterocycles. The minimum atomic E-state index is -0.628. The molecule has 3 aromatic carbocycles. The van der Waals surface area contributed by atoms with Crippen molar-refractivity contribution < 1.29 is 0 Å². The second-order valence-corrected chi connectivity index (χ2v) is 16.7. The SMILES string of the molecule is CCNC1=NN=C[N]1.CCNc1c(N)c(=O)c1=O.CCn1cnnc1N.Cn1nnc(-c2ccc(N)cn2)n1.NC(=S)Nc1cccnc1.Nc1c(Nc2cccnc2)c(=O)c1=O.Nc1nc2ccccc2[nH]1.Nc1nncn1-c1cccnc1. The Morgan fingerprint density at radius 1 is 0.671 bits per heavy atom. The van der Waals surface area contributed by atoms with Crippen molar-refractivity contribution in [3.05, 3.63) is 170 Å². The van der Waals surface area contributed by atoms with Gasteiger partial charge in [0.2, 0.25) is 23.7 Å². The minimum absolute atomic E-state index is 0.0150. The molecule has 1 radical (unpaired) electrons. The zero-order chi connectivity index (χ0) is 61.7. The summed E-state index contributed by atoms with van der Waals surface area (Å²) in [6.07, 6.45) is 16.0. The first-order chi connectivity index (χ1) is 40.9. The first-order valence-electron chi connectivity index (χ1n) is 24.9. The summed E-state index contributed by atoms with van der Waals surface area (Å²) < 4.78 is 3.42. The van der Waals surface area contributed by atoms with Gasteiger partial charge in [-0.1, -0.05) is 12.1 Å². The molecule has 8 aromatic heterocycles. The Hall–Kier alpha value is -12.2. The molecule has 0 bridgehead atoms. The van der Waals surface area contributed by atoms with Crippen LogP contribution in [0.15, 0.2) is 158 Å². The number of fused-ring (bicyclic) bond motifs is 1. The van der Waals surface area contributed by atoms with Gasteiger partial charge >= 0.3 is 0 Å². The third kappa shape index (κ3) is 19.9. The van der Waals surface area contributed by atoms with Crippen LogP contribution in [0.4, 0.5) is 57.7 Å². The van der Waals surface area contributed by atoms with Crippen LogP contribution in [0.2, 0.25) is 0 Å². The predicted octanol–water partition coefficient (Wildman–Crippen LogP) is 0.674. The molecule has 0 amide bonds. The summed E-state index contributed by atoms with van der Waals surface area (Å²) in [4.78, 5) is 66.9. The number of nitrogens with one attached hydrogen (secondary N) is 5. The number of para-hydroxylation sites is 2. The van der Waals surface area contributed by atoms with E-state index in [1.807, 2.05) is 63.2 Å². The quantitative estimate of drug-likeness (QED) is 0.0698. The monoisotopic (exact) mass is 1180 g/mol. The molecule has 9 heterocycles. The number of pyridine rings is 4. The number of imidazole rings is 1. The third-order valence-corrected chi connectivity index (χ3v) is 10.3. The fourth-order valence-corrected chi connectivity index (χ4v) is 6.34. The number of hydrogen-bond acceptors (Lipinski definition) is 28. The number of benzene rings is 1. The first kappa shape index (κ1) is 63.7. The third-order valence-electron chi connectivity index (χ3n) is 10.2. The molecule has 0 fully saturated rings. The topological polar surface area (TPSA) is 523 Å². The molecule has 0 atom stereocenters. The summed E-state index contributed by atoms with van der Waals surface area (Å²) in [6, 6.07) is 22.0. The molecule has 12 rings (SSSR count). The second-order valence-electron chi connectivity index (χ2n) is 16.3. The number of aryl methyl sites for hydroxylation is 2. The van der Waals surface area contributed by atoms with Crippen molar-refractivity contribution in [3.8, 4) is 17.2 Å². The maximum Gasteiger partial charge on any atom is 0.253 e. The fraction of sp³-hybridized carbons (Fsp3) is 0.140. The van der Waals surface area contributed by atoms with Gasteiger partial charge in [0.25, 0.3) is 21.7 Å². The van der Waals surface area contributed by atoms with E-state index in [1.54, 1.807) is 96.3 Å². The number of aromatic nitrogens is 16. The molecular weight excluding hydrogens is 1120 g/mol. The summed E-state index contributed by atoms with van der Waals surface area (Å²) >= 11 is 4.62. The molecule has 0 spiro atoms. The summed E-state index contributed by atoms with van der Waals surface area (Å²) in [5.74, 6) is 2.42. The maximum absolute atomic E-state index is 11.0. The van der Waals surface area contributed by atoms with Gasteiger partial charge in [0, 0.05) is 38.2 Å². The zero-order valence-electron chi connectivity index (χ0n) is 46.0. The van der Waals surface area contributed by atoms with Crippen LogP contribution in [0.25, 0.3) is 28.2 Å². The average molecular weight is 1180 g/mol. The van der Waals surface area contributed by atoms with Crippen molar-refractivity contribution in [2.24, 2.45) is 23.0 Å². The summed E-state index contributed by atoms with van der Waals surface area (Å²) in [5, 5.41) is 48.3. The Morgan fingerprint density at radius 3 is 1.79 bits per heavy atom. The van der Waals surface area contributed by atoms with E-state index < -0.39 is 21.7 Å². The van der Waals surface area contributed by atoms with Gasteiger partial charge in [-0.2, -0.15) is 10.1 Å². The summed E-state index contributed by atoms with van der Waals surface area (Å²) in [6.45, 7) is 8.08. The zero-order valence-corrected chi connectivity index (χ0v) is 46.8. The van der Waals surface area contributed by atoms with E-state index in [-0.39, 0.29) is 27.9 Å². The van der Waals surface area contributed by atoms with Crippen LogP contribution < -0.4 is 88.4 Å². The van der Waals surface area contributed by atoms with E-state index in [2.05, 4.69) is 115 Å². The van der Waals surface area contributed by atoms with E-state index in [9.17, 15) is 19.2 Å². The molecule has 35 heteroatoms. The van der Waals surface area contributed by atoms with Crippen LogP contribution >= 0.6 is 12.2 Å². The van der Waals surface area contributed by atoms with Gasteiger partial charge in [0.1, 0.15) is 47.4 Å². The van der Waals surface area contributed by atoms with Crippen molar-refractivity contribution in [2.45, 2.75) is 27.3 Å². The molecule has 1 aliphatic rings. The normalized spacial score (nSPS) is 10.5. The molecule has 34 nitrogen and oxygen atoms in total. The highest BCUT2D eigenvalue weighted by Gasteiger charge is 2.18. The number of guanidine groups is 1. The molecule has 0 saturated carbocycles. The molecular formula is C50H59N30O4S. The van der Waals surface area contributed by atoms with Crippen molar-refractivity contribution in [2.75, 3.05) is 63.4 Å². The molecule has 0 unspecified atom stereocenters. The Labute approximate surface area is 487 Å². The van der Waals surface area contributed by atoms with Gasteiger partial charge in [-0.25, -0.2) is 4.98 Å². The Kier molecular flexibility index (Phi) is 24.6. The number of tetrazole rings is 1. The number of nitrogens with zero attached hydrogens (tertiary/aromatic N) is 18. The average Bonchev–Trinajstić information content (AvgIpc) is 3.59. The number of nitrogens with two attached hydrogens (primary N) is 7. The van der Waals surface area contributed by atoms with Crippen molar-refractivity contribution in [1.82, 2.24) is 90.3 Å². The van der Waals surface area contributed by atoms with Crippen LogP contribution in [0.3, 0.4) is 0 Å². The van der Waals surface area contributed by atoms with Crippen LogP contribution in [0.5, 0.6) is 0 Å². The number of rotatable bonds is 9. The maximum atomic E-state index is 11.0. The summed E-state index contributed by atoms with van der Waals surface area (Å²) in [7, 11) is 1.70. The number of nitrogen functional groups attached to an aromatic ring is 6. The number of hydrogen-bond donors (Lipinski definition) is 12. The Bertz CT molecular complexity index is 3970. The summed E-state index contributed by atoms with van der Waals surface area (Å²) in [5.41, 5.74) is 41.2. The number of aromatic amines is 1. The van der Waals surface area contributed by atoms with Crippen molar-refractivity contribution in [3.63, 3.8) is 0 Å². The van der Waals surface area contributed by atoms with E-state index in [0.717, 1.165) is 35.5 Å². The highest BCUT2D eigenvalue weighted by atomic mass is 32.1. The van der Waals surface area contributed by atoms with Gasteiger partial charge in [-0.15, -0.1) is 40.8 Å². The van der Waals surface area contributed by atoms with E-state index >= 15 is 0 Å². The predicted molar refractivity (Wildman–Crippen MR) is 330 cm³/mol. The minimum Gasteiger partial charge on any atom is -0.397 e. The number of thiocarbonyl (C=S) groups is 1. The highest BCUT2D eigenvalue weighted by molar-refractivity contribution is 7.80. The lowest BCUT2D eigenvalue weighted by Gasteiger charge is -2.08. The van der Waals surface area contributed by atoms with E-state index in [0.29, 0.717) is 53.2 Å². The smallest absolute Gasteiger partial charge is 0.253 e. The molecule has 85 heavy (non-hydrogen) atoms. The molecule has 19 N–H and O–H groups in total. The standard InChI is InChI=1S/C9H7N3O2.C7H8N6.C7H7N5.C7H7N3.C6H7N3S.C6H8N2O2.C4H8N4.C4H7N4/c10-6-7(9(14)8(6)13)12-5-2-1-3-11-4-5;1-13-11-7(10-12-13)6-3-2-5(8)4-9-6;8-7-11-10-5-12(7)6-2-1-3-9-4-6;8-7-9-5-3-1-2-4-6(5)10-7;7-6(10)9-5-2-1-3-8-4-5;1-2-8-4-3(7)5(9)6(4)10;1-2-8-3-6-7-4(8)5;1-2-5-4-6-3-7-8-4/h1-4,12H,10H2;2-4H,8H2,1H3;1-5H,(H2,8,11);1-4H,(H3,8,9,10);1-4H,(H3,7,9,10);8H,2,7H2,1H3;3H,2H2,1H3,(H2,5,7);3H,2H2,1H3,(H,5,8). The largest absolute Gasteiger partial charge is 0.397 e. The Balaban J connectivity index is 0.000000179.